The molecule has 0 bridgehead atoms. The van der Waals surface area contributed by atoms with Crippen LogP contribution < -0.4 is 5.32 Å². The number of nitrogens with one attached hydrogen (secondary N) is 1. The van der Waals surface area contributed by atoms with Gasteiger partial charge in [0.15, 0.2) is 21.4 Å². The van der Waals surface area contributed by atoms with Crippen LogP contribution in [-0.4, -0.2) is 23.9 Å². The van der Waals surface area contributed by atoms with E-state index in [0.717, 1.165) is 6.07 Å². The van der Waals surface area contributed by atoms with Crippen LogP contribution in [0.2, 0.25) is 0 Å². The molecule has 5 nitrogen and oxygen atoms in total. The van der Waals surface area contributed by atoms with Crippen LogP contribution in [0.1, 0.15) is 0 Å². The highest BCUT2D eigenvalue weighted by Gasteiger charge is 2.05. The molecule has 0 heterocycles. The number of thiol groups is 2. The van der Waals surface area contributed by atoms with Crippen molar-refractivity contribution in [1.82, 2.24) is 0 Å². The summed E-state index contributed by atoms with van der Waals surface area (Å²) in [4.78, 5) is -0.0209. The van der Waals surface area contributed by atoms with E-state index in [4.69, 9.17) is 0 Å². The Balaban J connectivity index is 3.42. The molecule has 0 radical (unpaired) electrons. The quantitative estimate of drug-likeness (QED) is 0.625. The fourth-order valence-corrected chi connectivity index (χ4v) is 2.16. The molecule has 1 N–H and O–H groups in total. The monoisotopic (exact) mass is 235 g/mol. The van der Waals surface area contributed by atoms with Crippen LogP contribution >= 0.6 is 0 Å². The van der Waals surface area contributed by atoms with E-state index in [-0.39, 0.29) is 9.79 Å². The first kappa shape index (κ1) is 11.0. The maximum Gasteiger partial charge on any atom is 0.170 e. The summed E-state index contributed by atoms with van der Waals surface area (Å²) in [5.41, 5.74) is 0.390. The average Bonchev–Trinajstić information content (AvgIpc) is 2.16. The number of hydrogen-bond donors (Lipinski definition) is 3. The average molecular weight is 235 g/mol. The number of benzene rings is 1. The molecule has 0 aliphatic rings. The van der Waals surface area contributed by atoms with Crippen molar-refractivity contribution in [3.63, 3.8) is 0 Å². The Morgan fingerprint density at radius 1 is 1.07 bits per heavy atom. The van der Waals surface area contributed by atoms with E-state index in [9.17, 15) is 16.8 Å². The number of anilines is 1. The van der Waals surface area contributed by atoms with Gasteiger partial charge < -0.3 is 5.32 Å². The summed E-state index contributed by atoms with van der Waals surface area (Å²) in [5.74, 6) is 0. The van der Waals surface area contributed by atoms with Gasteiger partial charge in [0.05, 0.1) is 15.5 Å². The molecule has 1 rings (SSSR count). The largest absolute Gasteiger partial charge is 0.387 e. The van der Waals surface area contributed by atoms with E-state index in [2.05, 4.69) is 5.32 Å². The lowest BCUT2D eigenvalue weighted by Gasteiger charge is -2.03. The van der Waals surface area contributed by atoms with Crippen molar-refractivity contribution < 1.29 is 16.8 Å². The van der Waals surface area contributed by atoms with E-state index in [1.54, 1.807) is 7.05 Å². The molecule has 14 heavy (non-hydrogen) atoms. The lowest BCUT2D eigenvalue weighted by Crippen LogP contribution is -1.95. The Morgan fingerprint density at radius 3 is 2.14 bits per heavy atom. The van der Waals surface area contributed by atoms with Gasteiger partial charge in [0.2, 0.25) is 0 Å². The van der Waals surface area contributed by atoms with Gasteiger partial charge in [-0.15, -0.1) is 0 Å². The van der Waals surface area contributed by atoms with Gasteiger partial charge in [0.25, 0.3) is 0 Å². The van der Waals surface area contributed by atoms with Gasteiger partial charge in [-0.3, -0.25) is 0 Å². The maximum absolute atomic E-state index is 10.8. The Labute approximate surface area is 84.7 Å². The Kier molecular flexibility index (Phi) is 3.48. The highest BCUT2D eigenvalue weighted by atomic mass is 32.2. The van der Waals surface area contributed by atoms with E-state index in [1.165, 1.54) is 12.1 Å². The van der Waals surface area contributed by atoms with Gasteiger partial charge in [-0.1, -0.05) is 0 Å². The van der Waals surface area contributed by atoms with Crippen LogP contribution in [0.3, 0.4) is 0 Å². The minimum Gasteiger partial charge on any atom is -0.387 e. The van der Waals surface area contributed by atoms with Gasteiger partial charge in [-0.25, -0.2) is 16.8 Å². The predicted octanol–water partition coefficient (Wildman–Crippen LogP) is -0.331. The first-order valence-electron chi connectivity index (χ1n) is 3.67. The molecule has 7 heteroatoms. The lowest BCUT2D eigenvalue weighted by molar-refractivity contribution is 0.613. The first-order chi connectivity index (χ1) is 6.56. The summed E-state index contributed by atoms with van der Waals surface area (Å²) in [5, 5.41) is 2.66. The van der Waals surface area contributed by atoms with Crippen molar-refractivity contribution in [2.45, 2.75) is 9.79 Å². The first-order valence-corrected chi connectivity index (χ1v) is 6.02. The minimum absolute atomic E-state index is 0.00630. The molecule has 0 amide bonds. The second-order valence-corrected chi connectivity index (χ2v) is 4.49. The molecule has 0 atom stereocenters. The van der Waals surface area contributed by atoms with E-state index < -0.39 is 21.4 Å². The Bertz CT molecular complexity index is 474. The number of rotatable bonds is 3. The van der Waals surface area contributed by atoms with Crippen LogP contribution in [0.15, 0.2) is 28.0 Å². The smallest absolute Gasteiger partial charge is 0.170 e. The molecule has 0 unspecified atom stereocenters. The number of hydrogen-bond acceptors (Lipinski definition) is 5. The van der Waals surface area contributed by atoms with Crippen LogP contribution in [0.25, 0.3) is 0 Å². The van der Waals surface area contributed by atoms with Crippen molar-refractivity contribution in [2.75, 3.05) is 12.4 Å². The normalized spacial score (nSPS) is 10.8. The van der Waals surface area contributed by atoms with Crippen molar-refractivity contribution >= 4 is 27.1 Å². The predicted molar refractivity (Wildman–Crippen MR) is 53.2 cm³/mol. The van der Waals surface area contributed by atoms with Gasteiger partial charge in [-0.2, -0.15) is 0 Å². The second-order valence-electron chi connectivity index (χ2n) is 2.47. The molecule has 1 aromatic carbocycles. The fourth-order valence-electron chi connectivity index (χ4n) is 0.996. The molecule has 78 valence electrons. The molecule has 1 aromatic rings. The molecule has 0 fully saturated rings. The summed E-state index contributed by atoms with van der Waals surface area (Å²) in [7, 11) is -3.98. The highest BCUT2D eigenvalue weighted by Crippen LogP contribution is 2.18. The standard InChI is InChI=1S/C7H9NO4S2/c1-8-6-3-2-5(13(9)10)4-7(6)14(11)12/h2-4,8,13-14H,1H3. The SMILES string of the molecule is CNc1ccc([SH](=O)=O)cc1[SH](=O)=O. The van der Waals surface area contributed by atoms with E-state index in [1.807, 2.05) is 0 Å². The molecule has 0 aliphatic carbocycles. The summed E-state index contributed by atoms with van der Waals surface area (Å²) in [6.45, 7) is 0. The second kappa shape index (κ2) is 4.43. The third-order valence-corrected chi connectivity index (χ3v) is 3.12. The zero-order chi connectivity index (χ0) is 10.7. The molecule has 0 saturated heterocycles. The Hall–Kier alpha value is -1.08. The molecular formula is C7H9NO4S2. The summed E-state index contributed by atoms with van der Waals surface area (Å²) in [6.07, 6.45) is 0. The third kappa shape index (κ3) is 2.24. The maximum atomic E-state index is 10.8. The Morgan fingerprint density at radius 2 is 1.71 bits per heavy atom. The van der Waals surface area contributed by atoms with Crippen LogP contribution in [0, 0.1) is 0 Å². The summed E-state index contributed by atoms with van der Waals surface area (Å²) >= 11 is 0. The van der Waals surface area contributed by atoms with Gasteiger partial charge in [0.1, 0.15) is 0 Å². The van der Waals surface area contributed by atoms with E-state index >= 15 is 0 Å². The minimum atomic E-state index is -2.79. The van der Waals surface area contributed by atoms with Crippen molar-refractivity contribution in [1.29, 1.82) is 0 Å². The zero-order valence-corrected chi connectivity index (χ0v) is 9.05. The molecular weight excluding hydrogens is 226 g/mol. The summed E-state index contributed by atoms with van der Waals surface area (Å²) in [6, 6.07) is 3.89. The van der Waals surface area contributed by atoms with Crippen molar-refractivity contribution in [3.05, 3.63) is 18.2 Å². The summed E-state index contributed by atoms with van der Waals surface area (Å²) < 4.78 is 42.7. The zero-order valence-electron chi connectivity index (χ0n) is 7.26. The highest BCUT2D eigenvalue weighted by molar-refractivity contribution is 7.73. The molecule has 0 saturated carbocycles. The third-order valence-electron chi connectivity index (χ3n) is 1.66. The van der Waals surface area contributed by atoms with Gasteiger partial charge in [-0.05, 0) is 18.2 Å². The van der Waals surface area contributed by atoms with Gasteiger partial charge in [0, 0.05) is 7.05 Å². The van der Waals surface area contributed by atoms with E-state index in [0.29, 0.717) is 5.69 Å². The lowest BCUT2D eigenvalue weighted by atomic mass is 10.3. The van der Waals surface area contributed by atoms with Crippen LogP contribution in [0.5, 0.6) is 0 Å². The molecule has 0 aromatic heterocycles. The van der Waals surface area contributed by atoms with Crippen molar-refractivity contribution in [3.8, 4) is 0 Å². The topological polar surface area (TPSA) is 80.3 Å². The van der Waals surface area contributed by atoms with Gasteiger partial charge >= 0.3 is 0 Å². The fraction of sp³-hybridized carbons (Fsp3) is 0.143. The molecule has 0 spiro atoms. The molecule has 0 aliphatic heterocycles. The van der Waals surface area contributed by atoms with Crippen LogP contribution in [-0.2, 0) is 21.4 Å². The van der Waals surface area contributed by atoms with Crippen molar-refractivity contribution in [2.24, 2.45) is 0 Å². The van der Waals surface area contributed by atoms with Crippen LogP contribution in [0.4, 0.5) is 5.69 Å².